The Balaban J connectivity index is 1.65. The van der Waals surface area contributed by atoms with Crippen molar-refractivity contribution in [2.75, 3.05) is 6.54 Å². The number of nitrogens with one attached hydrogen (secondary N) is 2. The van der Waals surface area contributed by atoms with Crippen LogP contribution in [0.25, 0.3) is 0 Å². The van der Waals surface area contributed by atoms with Crippen molar-refractivity contribution in [3.05, 3.63) is 52.5 Å². The van der Waals surface area contributed by atoms with E-state index in [0.717, 1.165) is 5.56 Å². The Morgan fingerprint density at radius 1 is 1.36 bits per heavy atom. The van der Waals surface area contributed by atoms with Gasteiger partial charge in [0.15, 0.2) is 0 Å². The van der Waals surface area contributed by atoms with E-state index in [1.165, 1.54) is 11.3 Å². The van der Waals surface area contributed by atoms with Gasteiger partial charge in [-0.3, -0.25) is 14.6 Å². The molecule has 1 unspecified atom stereocenters. The molecule has 2 aromatic rings. The highest BCUT2D eigenvalue weighted by Crippen LogP contribution is 2.10. The Hall–Kier alpha value is -2.21. The summed E-state index contributed by atoms with van der Waals surface area (Å²) in [5.41, 5.74) is 1.64. The zero-order valence-electron chi connectivity index (χ0n) is 12.4. The molecule has 2 N–H and O–H groups in total. The van der Waals surface area contributed by atoms with Crippen LogP contribution < -0.4 is 10.6 Å². The highest BCUT2D eigenvalue weighted by molar-refractivity contribution is 7.08. The Labute approximate surface area is 133 Å². The second-order valence-corrected chi connectivity index (χ2v) is 5.73. The third-order valence-corrected chi connectivity index (χ3v) is 3.89. The second-order valence-electron chi connectivity index (χ2n) is 4.95. The van der Waals surface area contributed by atoms with E-state index in [0.29, 0.717) is 24.9 Å². The summed E-state index contributed by atoms with van der Waals surface area (Å²) in [5, 5.41) is 9.39. The molecular formula is C16H19N3O2S. The molecule has 2 amide bonds. The zero-order chi connectivity index (χ0) is 15.8. The third kappa shape index (κ3) is 4.96. The van der Waals surface area contributed by atoms with Gasteiger partial charge >= 0.3 is 0 Å². The van der Waals surface area contributed by atoms with Gasteiger partial charge in [0, 0.05) is 36.3 Å². The highest BCUT2D eigenvalue weighted by atomic mass is 32.1. The van der Waals surface area contributed by atoms with Crippen molar-refractivity contribution >= 4 is 23.2 Å². The van der Waals surface area contributed by atoms with Crippen molar-refractivity contribution in [2.24, 2.45) is 0 Å². The van der Waals surface area contributed by atoms with E-state index in [4.69, 9.17) is 0 Å². The standard InChI is InChI=1S/C16H19N3O2S/c1-12(13-4-2-7-17-10-13)19-15(20)5-3-8-18-16(21)14-6-9-22-11-14/h2,4,6-7,9-12H,3,5,8H2,1H3,(H,18,21)(H,19,20). The molecule has 0 fully saturated rings. The number of carbonyl (C=O) groups is 2. The summed E-state index contributed by atoms with van der Waals surface area (Å²) in [7, 11) is 0. The van der Waals surface area contributed by atoms with Crippen LogP contribution in [-0.4, -0.2) is 23.3 Å². The van der Waals surface area contributed by atoms with Gasteiger partial charge in [0.2, 0.25) is 5.91 Å². The van der Waals surface area contributed by atoms with Crippen molar-refractivity contribution in [1.29, 1.82) is 0 Å². The predicted octanol–water partition coefficient (Wildman–Crippen LogP) is 2.53. The molecule has 1 atom stereocenters. The Morgan fingerprint density at radius 2 is 2.23 bits per heavy atom. The lowest BCUT2D eigenvalue weighted by atomic mass is 10.1. The van der Waals surface area contributed by atoms with Crippen molar-refractivity contribution in [1.82, 2.24) is 15.6 Å². The zero-order valence-corrected chi connectivity index (χ0v) is 13.2. The molecule has 0 spiro atoms. The van der Waals surface area contributed by atoms with Gasteiger partial charge in [0.25, 0.3) is 5.91 Å². The Bertz CT molecular complexity index is 599. The van der Waals surface area contributed by atoms with E-state index in [1.807, 2.05) is 24.4 Å². The van der Waals surface area contributed by atoms with Crippen molar-refractivity contribution in [2.45, 2.75) is 25.8 Å². The number of pyridine rings is 1. The van der Waals surface area contributed by atoms with Crippen LogP contribution in [0, 0.1) is 0 Å². The summed E-state index contributed by atoms with van der Waals surface area (Å²) in [4.78, 5) is 27.6. The van der Waals surface area contributed by atoms with Crippen LogP contribution in [-0.2, 0) is 4.79 Å². The Kier molecular flexibility index (Phi) is 6.09. The minimum absolute atomic E-state index is 0.0267. The van der Waals surface area contributed by atoms with E-state index < -0.39 is 0 Å². The maximum Gasteiger partial charge on any atom is 0.252 e. The molecular weight excluding hydrogens is 298 g/mol. The van der Waals surface area contributed by atoms with Crippen LogP contribution in [0.4, 0.5) is 0 Å². The van der Waals surface area contributed by atoms with E-state index in [-0.39, 0.29) is 17.9 Å². The molecule has 0 aliphatic heterocycles. The molecule has 0 aromatic carbocycles. The lowest BCUT2D eigenvalue weighted by molar-refractivity contribution is -0.121. The summed E-state index contributed by atoms with van der Waals surface area (Å²) in [6.45, 7) is 2.41. The number of rotatable bonds is 7. The number of hydrogen-bond acceptors (Lipinski definition) is 4. The highest BCUT2D eigenvalue weighted by Gasteiger charge is 2.10. The number of amides is 2. The topological polar surface area (TPSA) is 71.1 Å². The molecule has 0 radical (unpaired) electrons. The molecule has 116 valence electrons. The van der Waals surface area contributed by atoms with Crippen LogP contribution in [0.1, 0.15) is 41.7 Å². The van der Waals surface area contributed by atoms with E-state index in [2.05, 4.69) is 15.6 Å². The SMILES string of the molecule is CC(NC(=O)CCCNC(=O)c1ccsc1)c1cccnc1. The van der Waals surface area contributed by atoms with Gasteiger partial charge in [-0.15, -0.1) is 0 Å². The first-order valence-electron chi connectivity index (χ1n) is 7.16. The van der Waals surface area contributed by atoms with Crippen LogP contribution in [0.2, 0.25) is 0 Å². The van der Waals surface area contributed by atoms with Gasteiger partial charge in [0.05, 0.1) is 6.04 Å². The number of hydrogen-bond donors (Lipinski definition) is 2. The third-order valence-electron chi connectivity index (χ3n) is 3.21. The van der Waals surface area contributed by atoms with Gasteiger partial charge in [-0.1, -0.05) is 6.07 Å². The largest absolute Gasteiger partial charge is 0.352 e. The Morgan fingerprint density at radius 3 is 2.91 bits per heavy atom. The normalized spacial score (nSPS) is 11.7. The fourth-order valence-electron chi connectivity index (χ4n) is 1.98. The van der Waals surface area contributed by atoms with E-state index >= 15 is 0 Å². The average Bonchev–Trinajstić information content (AvgIpc) is 3.06. The van der Waals surface area contributed by atoms with Gasteiger partial charge in [-0.2, -0.15) is 11.3 Å². The molecule has 2 heterocycles. The molecule has 0 saturated heterocycles. The molecule has 6 heteroatoms. The first kappa shape index (κ1) is 16.2. The maximum atomic E-state index is 11.9. The fraction of sp³-hybridized carbons (Fsp3) is 0.312. The molecule has 5 nitrogen and oxygen atoms in total. The molecule has 0 aliphatic carbocycles. The fourth-order valence-corrected chi connectivity index (χ4v) is 2.61. The minimum Gasteiger partial charge on any atom is -0.352 e. The summed E-state index contributed by atoms with van der Waals surface area (Å²) in [6, 6.07) is 5.49. The lowest BCUT2D eigenvalue weighted by Gasteiger charge is -2.13. The van der Waals surface area contributed by atoms with Gasteiger partial charge in [-0.05, 0) is 36.4 Å². The number of nitrogens with zero attached hydrogens (tertiary/aromatic N) is 1. The van der Waals surface area contributed by atoms with Gasteiger partial charge in [-0.25, -0.2) is 0 Å². The number of aromatic nitrogens is 1. The van der Waals surface area contributed by atoms with Gasteiger partial charge in [0.1, 0.15) is 0 Å². The molecule has 0 bridgehead atoms. The molecule has 2 rings (SSSR count). The maximum absolute atomic E-state index is 11.9. The van der Waals surface area contributed by atoms with Crippen molar-refractivity contribution in [3.8, 4) is 0 Å². The molecule has 0 aliphatic rings. The quantitative estimate of drug-likeness (QED) is 0.771. The summed E-state index contributed by atoms with van der Waals surface area (Å²) in [6.07, 6.45) is 4.44. The van der Waals surface area contributed by atoms with Crippen LogP contribution in [0.5, 0.6) is 0 Å². The minimum atomic E-state index is -0.0922. The smallest absolute Gasteiger partial charge is 0.252 e. The predicted molar refractivity (Wildman–Crippen MR) is 86.7 cm³/mol. The first-order chi connectivity index (χ1) is 10.7. The van der Waals surface area contributed by atoms with Crippen molar-refractivity contribution in [3.63, 3.8) is 0 Å². The number of carbonyl (C=O) groups excluding carboxylic acids is 2. The molecule has 22 heavy (non-hydrogen) atoms. The average molecular weight is 317 g/mol. The van der Waals surface area contributed by atoms with Crippen LogP contribution in [0.3, 0.4) is 0 Å². The first-order valence-corrected chi connectivity index (χ1v) is 8.11. The number of thiophene rings is 1. The molecule has 0 saturated carbocycles. The van der Waals surface area contributed by atoms with Gasteiger partial charge < -0.3 is 10.6 Å². The molecule has 2 aromatic heterocycles. The van der Waals surface area contributed by atoms with Crippen LogP contribution in [0.15, 0.2) is 41.4 Å². The lowest BCUT2D eigenvalue weighted by Crippen LogP contribution is -2.29. The summed E-state index contributed by atoms with van der Waals surface area (Å²) < 4.78 is 0. The second kappa shape index (κ2) is 8.29. The van der Waals surface area contributed by atoms with E-state index in [1.54, 1.807) is 23.8 Å². The monoisotopic (exact) mass is 317 g/mol. The summed E-state index contributed by atoms with van der Waals surface area (Å²) >= 11 is 1.49. The van der Waals surface area contributed by atoms with Crippen LogP contribution >= 0.6 is 11.3 Å². The van der Waals surface area contributed by atoms with Crippen molar-refractivity contribution < 1.29 is 9.59 Å². The van der Waals surface area contributed by atoms with E-state index in [9.17, 15) is 9.59 Å². The summed E-state index contributed by atoms with van der Waals surface area (Å²) in [5.74, 6) is -0.119.